The molecule has 1 saturated heterocycles. The van der Waals surface area contributed by atoms with Gasteiger partial charge >= 0.3 is 261 Å². The molecule has 1 heterocycles. The molecule has 4 aromatic carbocycles. The Morgan fingerprint density at radius 2 is 1.14 bits per heavy atom. The number of benzene rings is 4. The molecule has 1 aliphatic heterocycles. The zero-order chi connectivity index (χ0) is 30.6. The van der Waals surface area contributed by atoms with E-state index >= 15 is 0 Å². The van der Waals surface area contributed by atoms with E-state index in [1.165, 1.54) is 62.4 Å². The van der Waals surface area contributed by atoms with Crippen molar-refractivity contribution in [2.24, 2.45) is 0 Å². The Labute approximate surface area is 272 Å². The molecular formula is C42H48HfSi. The third-order valence-electron chi connectivity index (χ3n) is 11.0. The van der Waals surface area contributed by atoms with Gasteiger partial charge in [-0.1, -0.05) is 13.8 Å². The molecule has 2 atom stereocenters. The van der Waals surface area contributed by atoms with Gasteiger partial charge in [0, 0.05) is 0 Å². The second-order valence-electron chi connectivity index (χ2n) is 15.0. The summed E-state index contributed by atoms with van der Waals surface area (Å²) in [5.41, 5.74) is 14.8. The Kier molecular flexibility index (Phi) is 8.21. The zero-order valence-electron chi connectivity index (χ0n) is 27.6. The Bertz CT molecular complexity index is 1750. The van der Waals surface area contributed by atoms with E-state index < -0.39 is 29.5 Å². The van der Waals surface area contributed by atoms with Gasteiger partial charge in [-0.05, 0) is 0 Å². The molecule has 0 saturated carbocycles. The van der Waals surface area contributed by atoms with Crippen molar-refractivity contribution in [3.63, 3.8) is 0 Å². The fourth-order valence-electron chi connectivity index (χ4n) is 8.50. The van der Waals surface area contributed by atoms with E-state index in [1.807, 2.05) is 5.20 Å². The first-order valence-corrected chi connectivity index (χ1v) is 30.3. The number of rotatable bonds is 4. The fourth-order valence-corrected chi connectivity index (χ4v) is 29.3. The molecule has 0 N–H and O–H groups in total. The molecule has 0 spiro atoms. The van der Waals surface area contributed by atoms with Crippen molar-refractivity contribution in [1.29, 1.82) is 0 Å². The first-order chi connectivity index (χ1) is 21.2. The van der Waals surface area contributed by atoms with Gasteiger partial charge in [-0.15, -0.1) is 0 Å². The summed E-state index contributed by atoms with van der Waals surface area (Å²) in [6.07, 6.45) is 9.49. The van der Waals surface area contributed by atoms with Crippen LogP contribution in [0.1, 0.15) is 102 Å². The van der Waals surface area contributed by atoms with Crippen molar-refractivity contribution in [2.75, 3.05) is 0 Å². The van der Waals surface area contributed by atoms with Crippen LogP contribution in [0.25, 0.3) is 34.4 Å². The molecule has 0 radical (unpaired) electrons. The van der Waals surface area contributed by atoms with Gasteiger partial charge in [0.2, 0.25) is 0 Å². The second-order valence-corrected chi connectivity index (χ2v) is 35.2. The Balaban J connectivity index is 1.30. The third-order valence-corrected chi connectivity index (χ3v) is 28.5. The maximum atomic E-state index is 2.77. The van der Waals surface area contributed by atoms with Gasteiger partial charge in [-0.2, -0.15) is 0 Å². The van der Waals surface area contributed by atoms with Crippen molar-refractivity contribution < 1.29 is 20.0 Å². The van der Waals surface area contributed by atoms with Gasteiger partial charge in [0.15, 0.2) is 0 Å². The fraction of sp³-hybridized carbons (Fsp3) is 0.333. The van der Waals surface area contributed by atoms with Crippen LogP contribution in [0.15, 0.2) is 95.3 Å². The van der Waals surface area contributed by atoms with Gasteiger partial charge in [0.1, 0.15) is 0 Å². The molecule has 224 valence electrons. The maximum absolute atomic E-state index is 2.77. The van der Waals surface area contributed by atoms with E-state index in [1.54, 1.807) is 21.9 Å². The zero-order valence-corrected chi connectivity index (χ0v) is 32.6. The van der Waals surface area contributed by atoms with Crippen molar-refractivity contribution in [1.82, 2.24) is 0 Å². The van der Waals surface area contributed by atoms with Crippen molar-refractivity contribution >= 4 is 21.7 Å². The molecule has 3 aliphatic rings. The molecule has 7 rings (SSSR count). The predicted molar refractivity (Wildman–Crippen MR) is 192 cm³/mol. The topological polar surface area (TPSA) is 0 Å². The van der Waals surface area contributed by atoms with Crippen LogP contribution < -0.4 is 0 Å². The van der Waals surface area contributed by atoms with E-state index in [9.17, 15) is 0 Å². The summed E-state index contributed by atoms with van der Waals surface area (Å²) >= 11 is -2.59. The standard InChI is InChI=1S/C40H42Si.2CH3.Hf/c1-6-7-11-37-36-14-9-13-35(31-21-17-29(18-22-31)27(4)5)39(36)25-40(37)41-33-23-32-10-8-12-34(38(32)24-33)30-19-15-28(16-20-30)26(2)3;;;/h8-10,12-27,37H,1,6-7,11,41H2,2-5H3;2*1H3;. The average molecular weight is 759 g/mol. The average Bonchev–Trinajstić information content (AvgIpc) is 3.57. The van der Waals surface area contributed by atoms with Crippen LogP contribution in [-0.2, 0) is 20.0 Å². The number of hydrogen-bond donors (Lipinski definition) is 0. The SMILES string of the molecule is CC(C)c1ccc(-c2cccc3c2C=C2[SiH2]C4=Cc5c(-c6ccc(C(C)C)cc6)cccc5[CH]4[Hf]([CH3])([CH3])[CH2]CCCC23)cc1. The Hall–Kier alpha value is -2.55. The Morgan fingerprint density at radius 3 is 1.70 bits per heavy atom. The first-order valence-electron chi connectivity index (χ1n) is 17.1. The number of fused-ring (bicyclic) bond motifs is 6. The van der Waals surface area contributed by atoms with Crippen LogP contribution in [0.5, 0.6) is 0 Å². The van der Waals surface area contributed by atoms with Crippen molar-refractivity contribution in [3.8, 4) is 22.3 Å². The summed E-state index contributed by atoms with van der Waals surface area (Å²) in [4.78, 5) is 0. The van der Waals surface area contributed by atoms with E-state index in [-0.39, 0.29) is 0 Å². The van der Waals surface area contributed by atoms with Gasteiger partial charge < -0.3 is 0 Å². The van der Waals surface area contributed by atoms with Crippen LogP contribution >= 0.6 is 0 Å². The Morgan fingerprint density at radius 1 is 0.614 bits per heavy atom. The summed E-state index contributed by atoms with van der Waals surface area (Å²) < 4.78 is 7.80. The molecule has 2 aliphatic carbocycles. The molecule has 0 aromatic heterocycles. The van der Waals surface area contributed by atoms with Crippen molar-refractivity contribution in [3.05, 3.63) is 129 Å². The van der Waals surface area contributed by atoms with Crippen LogP contribution in [0.2, 0.25) is 13.5 Å². The van der Waals surface area contributed by atoms with Gasteiger partial charge in [0.25, 0.3) is 0 Å². The van der Waals surface area contributed by atoms with Crippen LogP contribution in [0.4, 0.5) is 0 Å². The first kappa shape index (κ1) is 30.1. The minimum atomic E-state index is -2.59. The molecule has 2 heteroatoms. The third kappa shape index (κ3) is 5.45. The summed E-state index contributed by atoms with van der Waals surface area (Å²) in [7, 11) is -0.573. The second kappa shape index (κ2) is 12.0. The molecule has 2 unspecified atom stereocenters. The molecule has 4 aromatic rings. The van der Waals surface area contributed by atoms with Gasteiger partial charge in [-0.25, -0.2) is 0 Å². The van der Waals surface area contributed by atoms with Crippen LogP contribution in [0, 0.1) is 0 Å². The molecule has 44 heavy (non-hydrogen) atoms. The van der Waals surface area contributed by atoms with E-state index in [0.29, 0.717) is 17.8 Å². The van der Waals surface area contributed by atoms with Gasteiger partial charge in [-0.3, -0.25) is 0 Å². The minimum absolute atomic E-state index is 0.563. The van der Waals surface area contributed by atoms with Crippen LogP contribution in [-0.4, -0.2) is 9.52 Å². The quantitative estimate of drug-likeness (QED) is 0.182. The monoisotopic (exact) mass is 760 g/mol. The van der Waals surface area contributed by atoms with Crippen LogP contribution in [0.3, 0.4) is 0 Å². The molecule has 0 bridgehead atoms. The number of allylic oxidation sites excluding steroid dienone is 2. The summed E-state index contributed by atoms with van der Waals surface area (Å²) in [5, 5.41) is 3.65. The number of hydrogen-bond acceptors (Lipinski definition) is 0. The molecule has 1 fully saturated rings. The van der Waals surface area contributed by atoms with E-state index in [2.05, 4.69) is 134 Å². The molecular weight excluding hydrogens is 711 g/mol. The molecule has 0 amide bonds. The van der Waals surface area contributed by atoms with E-state index in [4.69, 9.17) is 0 Å². The van der Waals surface area contributed by atoms with E-state index in [0.717, 1.165) is 3.67 Å². The summed E-state index contributed by atoms with van der Waals surface area (Å²) in [6.45, 7) is 9.14. The predicted octanol–water partition coefficient (Wildman–Crippen LogP) is 11.8. The summed E-state index contributed by atoms with van der Waals surface area (Å²) in [5.74, 6) is 1.74. The van der Waals surface area contributed by atoms with Crippen molar-refractivity contribution in [2.45, 2.75) is 81.9 Å². The summed E-state index contributed by atoms with van der Waals surface area (Å²) in [6, 6.07) is 33.2. The normalized spacial score (nSPS) is 21.0. The van der Waals surface area contributed by atoms with Gasteiger partial charge in [0.05, 0.1) is 0 Å². The molecule has 0 nitrogen and oxygen atoms in total.